The van der Waals surface area contributed by atoms with Crippen LogP contribution in [0.15, 0.2) is 0 Å². The second kappa shape index (κ2) is 5.31. The number of rotatable bonds is 3. The molecule has 3 atom stereocenters. The normalized spacial score (nSPS) is 33.0. The molecule has 1 saturated carbocycles. The molecule has 90 valence electrons. The van der Waals surface area contributed by atoms with Crippen molar-refractivity contribution in [3.63, 3.8) is 0 Å². The Hall–Kier alpha value is -0.0800. The van der Waals surface area contributed by atoms with Gasteiger partial charge in [-0.05, 0) is 37.0 Å². The van der Waals surface area contributed by atoms with E-state index in [0.29, 0.717) is 11.5 Å². The highest BCUT2D eigenvalue weighted by Crippen LogP contribution is 2.38. The van der Waals surface area contributed by atoms with Gasteiger partial charge in [-0.25, -0.2) is 0 Å². The van der Waals surface area contributed by atoms with Crippen LogP contribution in [-0.2, 0) is 4.74 Å². The van der Waals surface area contributed by atoms with E-state index in [1.807, 2.05) is 0 Å². The lowest BCUT2D eigenvalue weighted by Crippen LogP contribution is -2.44. The molecule has 2 heteroatoms. The quantitative estimate of drug-likeness (QED) is 0.782. The molecule has 0 spiro atoms. The molecular formula is C13H27NO. The third-order valence-corrected chi connectivity index (χ3v) is 3.60. The van der Waals surface area contributed by atoms with Crippen LogP contribution in [0.4, 0.5) is 0 Å². The molecule has 1 aliphatic carbocycles. The van der Waals surface area contributed by atoms with Crippen molar-refractivity contribution in [2.24, 2.45) is 17.1 Å². The first-order valence-corrected chi connectivity index (χ1v) is 6.32. The van der Waals surface area contributed by atoms with E-state index in [2.05, 4.69) is 27.7 Å². The fraction of sp³-hybridized carbons (Fsp3) is 1.00. The average Bonchev–Trinajstić information content (AvgIpc) is 2.15. The zero-order chi connectivity index (χ0) is 11.5. The molecule has 0 aromatic carbocycles. The SMILES string of the molecule is CCCOC1CC(C(C)(C)C)CCC1N. The van der Waals surface area contributed by atoms with Gasteiger partial charge >= 0.3 is 0 Å². The van der Waals surface area contributed by atoms with Crippen molar-refractivity contribution in [3.8, 4) is 0 Å². The Morgan fingerprint density at radius 2 is 1.93 bits per heavy atom. The number of ether oxygens (including phenoxy) is 1. The van der Waals surface area contributed by atoms with Gasteiger partial charge in [-0.1, -0.05) is 27.7 Å². The molecular weight excluding hydrogens is 186 g/mol. The van der Waals surface area contributed by atoms with E-state index in [0.717, 1.165) is 31.8 Å². The maximum absolute atomic E-state index is 6.10. The molecule has 0 bridgehead atoms. The maximum Gasteiger partial charge on any atom is 0.0728 e. The summed E-state index contributed by atoms with van der Waals surface area (Å²) in [5.74, 6) is 0.763. The predicted octanol–water partition coefficient (Wildman–Crippen LogP) is 2.96. The lowest BCUT2D eigenvalue weighted by molar-refractivity contribution is -0.0186. The molecule has 0 amide bonds. The van der Waals surface area contributed by atoms with Gasteiger partial charge in [0.1, 0.15) is 0 Å². The average molecular weight is 213 g/mol. The molecule has 0 aromatic heterocycles. The van der Waals surface area contributed by atoms with Crippen molar-refractivity contribution in [2.45, 2.75) is 65.5 Å². The molecule has 1 fully saturated rings. The molecule has 1 aliphatic rings. The van der Waals surface area contributed by atoms with Crippen LogP contribution in [0, 0.1) is 11.3 Å². The van der Waals surface area contributed by atoms with Gasteiger partial charge in [-0.3, -0.25) is 0 Å². The summed E-state index contributed by atoms with van der Waals surface area (Å²) in [4.78, 5) is 0. The smallest absolute Gasteiger partial charge is 0.0728 e. The number of hydrogen-bond acceptors (Lipinski definition) is 2. The summed E-state index contributed by atoms with van der Waals surface area (Å²) in [6.07, 6.45) is 4.91. The molecule has 1 rings (SSSR count). The maximum atomic E-state index is 6.10. The highest BCUT2D eigenvalue weighted by molar-refractivity contribution is 4.88. The van der Waals surface area contributed by atoms with Crippen LogP contribution in [0.3, 0.4) is 0 Å². The van der Waals surface area contributed by atoms with Gasteiger partial charge in [-0.15, -0.1) is 0 Å². The Morgan fingerprint density at radius 3 is 2.47 bits per heavy atom. The Balaban J connectivity index is 2.48. The first-order valence-electron chi connectivity index (χ1n) is 6.32. The third kappa shape index (κ3) is 3.76. The number of nitrogens with two attached hydrogens (primary N) is 1. The summed E-state index contributed by atoms with van der Waals surface area (Å²) >= 11 is 0. The van der Waals surface area contributed by atoms with Crippen LogP contribution < -0.4 is 5.73 Å². The first-order chi connectivity index (χ1) is 6.95. The van der Waals surface area contributed by atoms with Gasteiger partial charge in [-0.2, -0.15) is 0 Å². The monoisotopic (exact) mass is 213 g/mol. The van der Waals surface area contributed by atoms with Crippen molar-refractivity contribution < 1.29 is 4.74 Å². The van der Waals surface area contributed by atoms with Gasteiger partial charge < -0.3 is 10.5 Å². The van der Waals surface area contributed by atoms with E-state index >= 15 is 0 Å². The van der Waals surface area contributed by atoms with Crippen molar-refractivity contribution >= 4 is 0 Å². The Labute approximate surface area is 94.6 Å². The largest absolute Gasteiger partial charge is 0.377 e. The van der Waals surface area contributed by atoms with Crippen LogP contribution >= 0.6 is 0 Å². The van der Waals surface area contributed by atoms with Gasteiger partial charge in [0.15, 0.2) is 0 Å². The molecule has 2 N–H and O–H groups in total. The summed E-state index contributed by atoms with van der Waals surface area (Å²) in [7, 11) is 0. The molecule has 0 aliphatic heterocycles. The van der Waals surface area contributed by atoms with E-state index in [-0.39, 0.29) is 6.04 Å². The topological polar surface area (TPSA) is 35.2 Å². The molecule has 0 aromatic rings. The summed E-state index contributed by atoms with van der Waals surface area (Å²) in [6, 6.07) is 0.259. The molecule has 0 radical (unpaired) electrons. The Bertz CT molecular complexity index is 185. The second-order valence-corrected chi connectivity index (χ2v) is 5.95. The first kappa shape index (κ1) is 13.0. The van der Waals surface area contributed by atoms with Crippen molar-refractivity contribution in [2.75, 3.05) is 6.61 Å². The molecule has 3 unspecified atom stereocenters. The van der Waals surface area contributed by atoms with Crippen molar-refractivity contribution in [1.82, 2.24) is 0 Å². The van der Waals surface area contributed by atoms with Gasteiger partial charge in [0, 0.05) is 12.6 Å². The van der Waals surface area contributed by atoms with E-state index in [1.165, 1.54) is 6.42 Å². The van der Waals surface area contributed by atoms with Crippen LogP contribution in [0.5, 0.6) is 0 Å². The zero-order valence-corrected chi connectivity index (χ0v) is 10.8. The summed E-state index contributed by atoms with van der Waals surface area (Å²) in [5.41, 5.74) is 6.50. The molecule has 15 heavy (non-hydrogen) atoms. The summed E-state index contributed by atoms with van der Waals surface area (Å²) in [6.45, 7) is 9.98. The van der Waals surface area contributed by atoms with Crippen LogP contribution in [0.2, 0.25) is 0 Å². The summed E-state index contributed by atoms with van der Waals surface area (Å²) in [5, 5.41) is 0. The van der Waals surface area contributed by atoms with Crippen LogP contribution in [0.25, 0.3) is 0 Å². The second-order valence-electron chi connectivity index (χ2n) is 5.95. The van der Waals surface area contributed by atoms with Crippen molar-refractivity contribution in [3.05, 3.63) is 0 Å². The number of hydrogen-bond donors (Lipinski definition) is 1. The molecule has 0 saturated heterocycles. The Morgan fingerprint density at radius 1 is 1.27 bits per heavy atom. The Kier molecular flexibility index (Phi) is 4.60. The van der Waals surface area contributed by atoms with Gasteiger partial charge in [0.2, 0.25) is 0 Å². The highest BCUT2D eigenvalue weighted by Gasteiger charge is 2.34. The fourth-order valence-electron chi connectivity index (χ4n) is 2.40. The summed E-state index contributed by atoms with van der Waals surface area (Å²) < 4.78 is 5.84. The fourth-order valence-corrected chi connectivity index (χ4v) is 2.40. The van der Waals surface area contributed by atoms with E-state index in [4.69, 9.17) is 10.5 Å². The highest BCUT2D eigenvalue weighted by atomic mass is 16.5. The van der Waals surface area contributed by atoms with Crippen LogP contribution in [0.1, 0.15) is 53.4 Å². The molecule has 0 heterocycles. The molecule has 2 nitrogen and oxygen atoms in total. The van der Waals surface area contributed by atoms with Gasteiger partial charge in [0.05, 0.1) is 6.10 Å². The van der Waals surface area contributed by atoms with E-state index in [1.54, 1.807) is 0 Å². The van der Waals surface area contributed by atoms with E-state index < -0.39 is 0 Å². The lowest BCUT2D eigenvalue weighted by atomic mass is 9.70. The predicted molar refractivity (Wildman–Crippen MR) is 64.8 cm³/mol. The lowest BCUT2D eigenvalue weighted by Gasteiger charge is -2.40. The minimum atomic E-state index is 0.259. The standard InChI is InChI=1S/C13H27NO/c1-5-8-15-12-9-10(13(2,3)4)6-7-11(12)14/h10-12H,5-9,14H2,1-4H3. The minimum absolute atomic E-state index is 0.259. The third-order valence-electron chi connectivity index (χ3n) is 3.60. The van der Waals surface area contributed by atoms with E-state index in [9.17, 15) is 0 Å². The van der Waals surface area contributed by atoms with Crippen molar-refractivity contribution in [1.29, 1.82) is 0 Å². The minimum Gasteiger partial charge on any atom is -0.377 e. The zero-order valence-electron chi connectivity index (χ0n) is 10.8. The van der Waals surface area contributed by atoms with Crippen LogP contribution in [-0.4, -0.2) is 18.8 Å². The van der Waals surface area contributed by atoms with Gasteiger partial charge in [0.25, 0.3) is 0 Å².